The summed E-state index contributed by atoms with van der Waals surface area (Å²) in [5.41, 5.74) is 1.47. The van der Waals surface area contributed by atoms with Gasteiger partial charge >= 0.3 is 0 Å². The molecule has 0 aliphatic rings. The fourth-order valence-corrected chi connectivity index (χ4v) is 2.68. The standard InChI is InChI=1S/C16H14BrN3O/c1-18-10-15-19-14-8-7-11(17)9-13(14)16(21)20(15)12-5-3-2-4-6-12/h2-9,18H,10H2,1H3. The normalized spacial score (nSPS) is 11.0. The molecule has 2 aromatic carbocycles. The molecule has 0 radical (unpaired) electrons. The first kappa shape index (κ1) is 14.0. The second-order valence-corrected chi connectivity index (χ2v) is 5.61. The summed E-state index contributed by atoms with van der Waals surface area (Å²) in [5.74, 6) is 0.698. The summed E-state index contributed by atoms with van der Waals surface area (Å²) in [6.07, 6.45) is 0. The predicted molar refractivity (Wildman–Crippen MR) is 87.8 cm³/mol. The Bertz CT molecular complexity index is 843. The Morgan fingerprint density at radius 2 is 1.95 bits per heavy atom. The topological polar surface area (TPSA) is 46.9 Å². The van der Waals surface area contributed by atoms with Gasteiger partial charge in [0.05, 0.1) is 23.1 Å². The van der Waals surface area contributed by atoms with Crippen molar-refractivity contribution in [2.75, 3.05) is 7.05 Å². The quantitative estimate of drug-likeness (QED) is 0.795. The average Bonchev–Trinajstić information content (AvgIpc) is 2.50. The number of para-hydroxylation sites is 1. The first-order chi connectivity index (χ1) is 10.2. The van der Waals surface area contributed by atoms with Gasteiger partial charge in [-0.15, -0.1) is 0 Å². The second-order valence-electron chi connectivity index (χ2n) is 4.70. The Hall–Kier alpha value is -1.98. The Morgan fingerprint density at radius 3 is 2.67 bits per heavy atom. The van der Waals surface area contributed by atoms with Gasteiger partial charge in [0.1, 0.15) is 5.82 Å². The molecule has 0 aliphatic carbocycles. The lowest BCUT2D eigenvalue weighted by Crippen LogP contribution is -2.26. The highest BCUT2D eigenvalue weighted by molar-refractivity contribution is 9.10. The zero-order chi connectivity index (χ0) is 14.8. The van der Waals surface area contributed by atoms with Crippen LogP contribution < -0.4 is 10.9 Å². The summed E-state index contributed by atoms with van der Waals surface area (Å²) in [7, 11) is 1.84. The molecule has 0 spiro atoms. The first-order valence-corrected chi connectivity index (χ1v) is 7.41. The molecule has 0 aliphatic heterocycles. The van der Waals surface area contributed by atoms with Crippen LogP contribution in [0.1, 0.15) is 5.82 Å². The van der Waals surface area contributed by atoms with Gasteiger partial charge in [-0.25, -0.2) is 4.98 Å². The third-order valence-corrected chi connectivity index (χ3v) is 3.74. The summed E-state index contributed by atoms with van der Waals surface area (Å²) in [6.45, 7) is 0.524. The number of rotatable bonds is 3. The van der Waals surface area contributed by atoms with Crippen LogP contribution >= 0.6 is 15.9 Å². The van der Waals surface area contributed by atoms with Gasteiger partial charge in [-0.05, 0) is 37.4 Å². The van der Waals surface area contributed by atoms with Crippen molar-refractivity contribution < 1.29 is 0 Å². The van der Waals surface area contributed by atoms with Crippen LogP contribution in [0.3, 0.4) is 0 Å². The van der Waals surface area contributed by atoms with E-state index in [4.69, 9.17) is 0 Å². The van der Waals surface area contributed by atoms with E-state index in [-0.39, 0.29) is 5.56 Å². The van der Waals surface area contributed by atoms with Gasteiger partial charge in [0, 0.05) is 4.47 Å². The minimum atomic E-state index is -0.0576. The van der Waals surface area contributed by atoms with Crippen molar-refractivity contribution in [2.45, 2.75) is 6.54 Å². The number of nitrogens with one attached hydrogen (secondary N) is 1. The molecular formula is C16H14BrN3O. The lowest BCUT2D eigenvalue weighted by molar-refractivity contribution is 0.719. The third-order valence-electron chi connectivity index (χ3n) is 3.25. The molecular weight excluding hydrogens is 330 g/mol. The SMILES string of the molecule is CNCc1nc2ccc(Br)cc2c(=O)n1-c1ccccc1. The van der Waals surface area contributed by atoms with Gasteiger partial charge in [0.25, 0.3) is 5.56 Å². The molecule has 0 amide bonds. The van der Waals surface area contributed by atoms with Crippen LogP contribution in [-0.4, -0.2) is 16.6 Å². The van der Waals surface area contributed by atoms with Crippen molar-refractivity contribution in [1.82, 2.24) is 14.9 Å². The van der Waals surface area contributed by atoms with E-state index in [0.717, 1.165) is 10.2 Å². The molecule has 0 bridgehead atoms. The molecule has 1 aromatic heterocycles. The summed E-state index contributed by atoms with van der Waals surface area (Å²) in [4.78, 5) is 17.5. The molecule has 1 heterocycles. The lowest BCUT2D eigenvalue weighted by Gasteiger charge is -2.13. The van der Waals surface area contributed by atoms with E-state index in [1.165, 1.54) is 0 Å². The second kappa shape index (κ2) is 5.79. The minimum Gasteiger partial charge on any atom is -0.313 e. The zero-order valence-electron chi connectivity index (χ0n) is 11.5. The maximum absolute atomic E-state index is 12.9. The van der Waals surface area contributed by atoms with Gasteiger partial charge in [-0.2, -0.15) is 0 Å². The maximum atomic E-state index is 12.9. The lowest BCUT2D eigenvalue weighted by atomic mass is 10.2. The maximum Gasteiger partial charge on any atom is 0.266 e. The Morgan fingerprint density at radius 1 is 1.19 bits per heavy atom. The molecule has 21 heavy (non-hydrogen) atoms. The molecule has 3 aromatic rings. The number of aromatic nitrogens is 2. The van der Waals surface area contributed by atoms with Crippen molar-refractivity contribution in [2.24, 2.45) is 0 Å². The van der Waals surface area contributed by atoms with Crippen LogP contribution in [0.4, 0.5) is 0 Å². The summed E-state index contributed by atoms with van der Waals surface area (Å²) in [6, 6.07) is 15.1. The van der Waals surface area contributed by atoms with Crippen LogP contribution in [0.2, 0.25) is 0 Å². The molecule has 0 saturated carbocycles. The Balaban J connectivity index is 2.37. The van der Waals surface area contributed by atoms with E-state index in [1.54, 1.807) is 4.57 Å². The van der Waals surface area contributed by atoms with Gasteiger partial charge in [0.2, 0.25) is 0 Å². The van der Waals surface area contributed by atoms with Crippen LogP contribution in [0.25, 0.3) is 16.6 Å². The molecule has 0 atom stereocenters. The fraction of sp³-hybridized carbons (Fsp3) is 0.125. The smallest absolute Gasteiger partial charge is 0.266 e. The Labute approximate surface area is 130 Å². The van der Waals surface area contributed by atoms with Gasteiger partial charge in [0.15, 0.2) is 0 Å². The summed E-state index contributed by atoms with van der Waals surface area (Å²) >= 11 is 3.41. The van der Waals surface area contributed by atoms with E-state index in [1.807, 2.05) is 55.6 Å². The number of hydrogen-bond donors (Lipinski definition) is 1. The highest BCUT2D eigenvalue weighted by Gasteiger charge is 2.12. The van der Waals surface area contributed by atoms with E-state index in [2.05, 4.69) is 26.2 Å². The predicted octanol–water partition coefficient (Wildman–Crippen LogP) is 2.87. The highest BCUT2D eigenvalue weighted by atomic mass is 79.9. The average molecular weight is 344 g/mol. The van der Waals surface area contributed by atoms with Crippen LogP contribution in [0, 0.1) is 0 Å². The number of hydrogen-bond acceptors (Lipinski definition) is 3. The summed E-state index contributed by atoms with van der Waals surface area (Å²) < 4.78 is 2.53. The van der Waals surface area contributed by atoms with Crippen LogP contribution in [-0.2, 0) is 6.54 Å². The number of fused-ring (bicyclic) bond motifs is 1. The molecule has 0 saturated heterocycles. The molecule has 106 valence electrons. The minimum absolute atomic E-state index is 0.0576. The highest BCUT2D eigenvalue weighted by Crippen LogP contribution is 2.17. The van der Waals surface area contributed by atoms with Crippen molar-refractivity contribution in [3.63, 3.8) is 0 Å². The monoisotopic (exact) mass is 343 g/mol. The van der Waals surface area contributed by atoms with Crippen molar-refractivity contribution >= 4 is 26.8 Å². The molecule has 0 fully saturated rings. The van der Waals surface area contributed by atoms with Gasteiger partial charge in [-0.3, -0.25) is 9.36 Å². The first-order valence-electron chi connectivity index (χ1n) is 6.62. The molecule has 0 unspecified atom stereocenters. The van der Waals surface area contributed by atoms with E-state index in [9.17, 15) is 4.79 Å². The van der Waals surface area contributed by atoms with Crippen molar-refractivity contribution in [1.29, 1.82) is 0 Å². The molecule has 1 N–H and O–H groups in total. The molecule has 3 rings (SSSR count). The van der Waals surface area contributed by atoms with Crippen LogP contribution in [0.5, 0.6) is 0 Å². The van der Waals surface area contributed by atoms with E-state index in [0.29, 0.717) is 23.3 Å². The molecule has 4 nitrogen and oxygen atoms in total. The van der Waals surface area contributed by atoms with Crippen molar-refractivity contribution in [3.05, 3.63) is 69.2 Å². The summed E-state index contributed by atoms with van der Waals surface area (Å²) in [5, 5.41) is 3.67. The molecule has 5 heteroatoms. The third kappa shape index (κ3) is 2.62. The fourth-order valence-electron chi connectivity index (χ4n) is 2.32. The van der Waals surface area contributed by atoms with Gasteiger partial charge in [-0.1, -0.05) is 34.1 Å². The number of halogens is 1. The number of nitrogens with zero attached hydrogens (tertiary/aromatic N) is 2. The zero-order valence-corrected chi connectivity index (χ0v) is 13.1. The van der Waals surface area contributed by atoms with E-state index >= 15 is 0 Å². The van der Waals surface area contributed by atoms with Gasteiger partial charge < -0.3 is 5.32 Å². The van der Waals surface area contributed by atoms with E-state index < -0.39 is 0 Å². The largest absolute Gasteiger partial charge is 0.313 e. The van der Waals surface area contributed by atoms with Crippen molar-refractivity contribution in [3.8, 4) is 5.69 Å². The van der Waals surface area contributed by atoms with Crippen LogP contribution in [0.15, 0.2) is 57.8 Å². The Kier molecular flexibility index (Phi) is 3.86. The number of benzene rings is 2.